The number of nitrogens with one attached hydrogen (secondary N) is 3. The molecule has 0 amide bonds. The highest BCUT2D eigenvalue weighted by Crippen LogP contribution is 2.26. The molecule has 1 aromatic heterocycles. The highest BCUT2D eigenvalue weighted by Gasteiger charge is 2.22. The van der Waals surface area contributed by atoms with Gasteiger partial charge in [-0.25, -0.2) is 4.98 Å². The smallest absolute Gasteiger partial charge is 0.225 e. The first-order chi connectivity index (χ1) is 14.6. The molecule has 1 saturated carbocycles. The van der Waals surface area contributed by atoms with E-state index >= 15 is 0 Å². The Labute approximate surface area is 186 Å². The van der Waals surface area contributed by atoms with Crippen LogP contribution < -0.4 is 20.9 Å². The standard InChI is InChI=1S/C23H36N6S/c1-4-5-6-9-16-24-23(30)26-18-14-12-17(13-15-18)25-22-27-20-11-8-7-10-19(20)21(28-22)29(2)3/h7-8,10-11,17-18H,4-6,9,12-16H2,1-3H3,(H2,24,26,30)(H,25,27,28). The van der Waals surface area contributed by atoms with Crippen molar-refractivity contribution >= 4 is 40.0 Å². The molecule has 0 bridgehead atoms. The van der Waals surface area contributed by atoms with E-state index in [2.05, 4.69) is 28.9 Å². The van der Waals surface area contributed by atoms with E-state index in [1.807, 2.05) is 37.2 Å². The van der Waals surface area contributed by atoms with E-state index in [-0.39, 0.29) is 0 Å². The zero-order chi connectivity index (χ0) is 21.3. The number of rotatable bonds is 9. The summed E-state index contributed by atoms with van der Waals surface area (Å²) >= 11 is 5.47. The molecule has 1 heterocycles. The van der Waals surface area contributed by atoms with Crippen LogP contribution >= 0.6 is 12.2 Å². The van der Waals surface area contributed by atoms with Crippen LogP contribution in [0.15, 0.2) is 24.3 Å². The molecule has 1 fully saturated rings. The Morgan fingerprint density at radius 3 is 2.50 bits per heavy atom. The normalized spacial score (nSPS) is 18.8. The van der Waals surface area contributed by atoms with Crippen LogP contribution in [0.4, 0.5) is 11.8 Å². The minimum Gasteiger partial charge on any atom is -0.363 e. The van der Waals surface area contributed by atoms with E-state index in [4.69, 9.17) is 22.2 Å². The summed E-state index contributed by atoms with van der Waals surface area (Å²) in [7, 11) is 4.05. The number of unbranched alkanes of at least 4 members (excludes halogenated alkanes) is 3. The highest BCUT2D eigenvalue weighted by atomic mass is 32.1. The van der Waals surface area contributed by atoms with Gasteiger partial charge in [0.1, 0.15) is 5.82 Å². The number of nitrogens with zero attached hydrogens (tertiary/aromatic N) is 3. The molecule has 164 valence electrons. The molecule has 1 aromatic carbocycles. The first kappa shape index (κ1) is 22.5. The monoisotopic (exact) mass is 428 g/mol. The lowest BCUT2D eigenvalue weighted by molar-refractivity contribution is 0.385. The van der Waals surface area contributed by atoms with E-state index in [1.54, 1.807) is 0 Å². The van der Waals surface area contributed by atoms with E-state index in [1.165, 1.54) is 25.7 Å². The van der Waals surface area contributed by atoms with Crippen molar-refractivity contribution in [3.8, 4) is 0 Å². The molecule has 3 rings (SSSR count). The third-order valence-corrected chi connectivity index (χ3v) is 5.98. The van der Waals surface area contributed by atoms with Crippen molar-refractivity contribution in [1.82, 2.24) is 20.6 Å². The average Bonchev–Trinajstić information content (AvgIpc) is 2.74. The minimum absolute atomic E-state index is 0.398. The number of anilines is 2. The number of aromatic nitrogens is 2. The fraction of sp³-hybridized carbons (Fsp3) is 0.609. The summed E-state index contributed by atoms with van der Waals surface area (Å²) in [6, 6.07) is 9.03. The Balaban J connectivity index is 1.47. The summed E-state index contributed by atoms with van der Waals surface area (Å²) in [5.41, 5.74) is 0.976. The van der Waals surface area contributed by atoms with E-state index in [0.29, 0.717) is 12.1 Å². The van der Waals surface area contributed by atoms with Crippen molar-refractivity contribution in [1.29, 1.82) is 0 Å². The van der Waals surface area contributed by atoms with Crippen molar-refractivity contribution in [2.75, 3.05) is 30.9 Å². The predicted octanol–water partition coefficient (Wildman–Crippen LogP) is 4.46. The summed E-state index contributed by atoms with van der Waals surface area (Å²) in [6.07, 6.45) is 9.40. The lowest BCUT2D eigenvalue weighted by atomic mass is 9.91. The molecule has 6 nitrogen and oxygen atoms in total. The summed E-state index contributed by atoms with van der Waals surface area (Å²) in [4.78, 5) is 11.6. The second kappa shape index (κ2) is 11.3. The van der Waals surface area contributed by atoms with Gasteiger partial charge in [0.15, 0.2) is 5.11 Å². The fourth-order valence-corrected chi connectivity index (χ4v) is 4.29. The Morgan fingerprint density at radius 2 is 1.77 bits per heavy atom. The molecule has 2 aromatic rings. The van der Waals surface area contributed by atoms with Gasteiger partial charge < -0.3 is 20.9 Å². The number of thiocarbonyl (C=S) groups is 1. The molecule has 0 spiro atoms. The Kier molecular flexibility index (Phi) is 8.49. The quantitative estimate of drug-likeness (QED) is 0.402. The van der Waals surface area contributed by atoms with Gasteiger partial charge in [-0.2, -0.15) is 4.98 Å². The maximum atomic E-state index is 5.47. The van der Waals surface area contributed by atoms with Gasteiger partial charge in [-0.3, -0.25) is 0 Å². The van der Waals surface area contributed by atoms with Crippen molar-refractivity contribution in [3.05, 3.63) is 24.3 Å². The molecule has 0 aliphatic heterocycles. The van der Waals surface area contributed by atoms with E-state index in [0.717, 1.165) is 60.0 Å². The SMILES string of the molecule is CCCCCCNC(=S)NC1CCC(Nc2nc(N(C)C)c3ccccc3n2)CC1. The molecule has 0 unspecified atom stereocenters. The summed E-state index contributed by atoms with van der Waals surface area (Å²) in [5, 5.41) is 12.3. The van der Waals surface area contributed by atoms with Crippen LogP contribution in [0.5, 0.6) is 0 Å². The van der Waals surface area contributed by atoms with Crippen molar-refractivity contribution < 1.29 is 0 Å². The lowest BCUT2D eigenvalue weighted by Crippen LogP contribution is -2.45. The Bertz CT molecular complexity index is 816. The van der Waals surface area contributed by atoms with Gasteiger partial charge in [0.2, 0.25) is 5.95 Å². The first-order valence-electron chi connectivity index (χ1n) is 11.3. The molecular formula is C23H36N6S. The van der Waals surface area contributed by atoms with Gasteiger partial charge in [-0.15, -0.1) is 0 Å². The average molecular weight is 429 g/mol. The van der Waals surface area contributed by atoms with Gasteiger partial charge >= 0.3 is 0 Å². The van der Waals surface area contributed by atoms with Gasteiger partial charge in [0, 0.05) is 38.1 Å². The summed E-state index contributed by atoms with van der Waals surface area (Å²) < 4.78 is 0. The number of fused-ring (bicyclic) bond motifs is 1. The summed E-state index contributed by atoms with van der Waals surface area (Å²) in [5.74, 6) is 1.67. The molecule has 7 heteroatoms. The molecule has 0 atom stereocenters. The van der Waals surface area contributed by atoms with Gasteiger partial charge in [0.05, 0.1) is 5.52 Å². The van der Waals surface area contributed by atoms with Gasteiger partial charge in [0.25, 0.3) is 0 Å². The number of para-hydroxylation sites is 1. The van der Waals surface area contributed by atoms with Crippen LogP contribution in [0, 0.1) is 0 Å². The molecular weight excluding hydrogens is 392 g/mol. The minimum atomic E-state index is 0.398. The third-order valence-electron chi connectivity index (χ3n) is 5.72. The Hall–Kier alpha value is -2.15. The largest absolute Gasteiger partial charge is 0.363 e. The first-order valence-corrected chi connectivity index (χ1v) is 11.7. The van der Waals surface area contributed by atoms with Crippen LogP contribution in [0.2, 0.25) is 0 Å². The van der Waals surface area contributed by atoms with Crippen LogP contribution in [0.1, 0.15) is 58.3 Å². The van der Waals surface area contributed by atoms with Gasteiger partial charge in [-0.05, 0) is 56.5 Å². The molecule has 3 N–H and O–H groups in total. The van der Waals surface area contributed by atoms with Crippen LogP contribution in [-0.2, 0) is 0 Å². The van der Waals surface area contributed by atoms with Crippen molar-refractivity contribution in [2.24, 2.45) is 0 Å². The molecule has 1 aliphatic carbocycles. The maximum absolute atomic E-state index is 5.47. The zero-order valence-electron chi connectivity index (χ0n) is 18.6. The molecule has 0 saturated heterocycles. The molecule has 0 radical (unpaired) electrons. The molecule has 1 aliphatic rings. The van der Waals surface area contributed by atoms with Crippen LogP contribution in [-0.4, -0.2) is 47.8 Å². The van der Waals surface area contributed by atoms with Crippen molar-refractivity contribution in [2.45, 2.75) is 70.4 Å². The fourth-order valence-electron chi connectivity index (χ4n) is 4.02. The summed E-state index contributed by atoms with van der Waals surface area (Å²) in [6.45, 7) is 3.20. The Morgan fingerprint density at radius 1 is 1.03 bits per heavy atom. The third kappa shape index (κ3) is 6.42. The van der Waals surface area contributed by atoms with Crippen LogP contribution in [0.25, 0.3) is 10.9 Å². The highest BCUT2D eigenvalue weighted by molar-refractivity contribution is 7.80. The molecule has 30 heavy (non-hydrogen) atoms. The number of hydrogen-bond donors (Lipinski definition) is 3. The maximum Gasteiger partial charge on any atom is 0.225 e. The van der Waals surface area contributed by atoms with E-state index < -0.39 is 0 Å². The van der Waals surface area contributed by atoms with E-state index in [9.17, 15) is 0 Å². The second-order valence-electron chi connectivity index (χ2n) is 8.44. The topological polar surface area (TPSA) is 65.1 Å². The second-order valence-corrected chi connectivity index (χ2v) is 8.84. The number of benzene rings is 1. The van der Waals surface area contributed by atoms with Crippen molar-refractivity contribution in [3.63, 3.8) is 0 Å². The van der Waals surface area contributed by atoms with Crippen LogP contribution in [0.3, 0.4) is 0 Å². The number of hydrogen-bond acceptors (Lipinski definition) is 5. The predicted molar refractivity (Wildman–Crippen MR) is 131 cm³/mol. The lowest BCUT2D eigenvalue weighted by Gasteiger charge is -2.30. The zero-order valence-corrected chi connectivity index (χ0v) is 19.4. The van der Waals surface area contributed by atoms with Gasteiger partial charge in [-0.1, -0.05) is 38.3 Å².